The molecular formula is C32H33N5O6S4. The lowest BCUT2D eigenvalue weighted by Crippen LogP contribution is -2.77. The molecule has 0 aliphatic carbocycles. The Morgan fingerprint density at radius 3 is 2.26 bits per heavy atom. The molecule has 4 N–H and O–H groups in total. The van der Waals surface area contributed by atoms with Gasteiger partial charge in [0.05, 0.1) is 24.0 Å². The van der Waals surface area contributed by atoms with E-state index in [1.54, 1.807) is 23.8 Å². The highest BCUT2D eigenvalue weighted by molar-refractivity contribution is 8.78. The summed E-state index contributed by atoms with van der Waals surface area (Å²) in [6.45, 7) is 2.73. The summed E-state index contributed by atoms with van der Waals surface area (Å²) in [4.78, 5) is 59.9. The second-order valence-corrected chi connectivity index (χ2v) is 19.6. The van der Waals surface area contributed by atoms with Crippen LogP contribution in [0.2, 0.25) is 0 Å². The number of para-hydroxylation sites is 2. The third kappa shape index (κ3) is 2.57. The van der Waals surface area contributed by atoms with Crippen molar-refractivity contribution < 1.29 is 30.8 Å². The SMILES string of the molecule is CC1C(=O)[C@@]23C[C@]4([C@]56C[C@@]78SS[C@](CO)(C(=O)N7[C@H]5Nc5ccccc56)N(C)C8=O)c5ccccc5N[C@]4(C)N2C(=O)[C@@]1(CO)SS3.[HH]. The summed E-state index contributed by atoms with van der Waals surface area (Å²) in [5.74, 6) is -1.67. The molecule has 246 valence electrons. The summed E-state index contributed by atoms with van der Waals surface area (Å²) >= 11 is 0. The van der Waals surface area contributed by atoms with E-state index in [1.165, 1.54) is 48.1 Å². The van der Waals surface area contributed by atoms with Gasteiger partial charge in [-0.1, -0.05) is 75.7 Å². The second-order valence-electron chi connectivity index (χ2n) is 14.2. The van der Waals surface area contributed by atoms with Gasteiger partial charge in [-0.2, -0.15) is 0 Å². The minimum absolute atomic E-state index is 0. The topological polar surface area (TPSA) is 143 Å². The first-order chi connectivity index (χ1) is 22.4. The fraction of sp³-hybridized carbons (Fsp3) is 0.500. The average Bonchev–Trinajstić information content (AvgIpc) is 3.71. The average molecular weight is 712 g/mol. The molecule has 10 aliphatic rings. The van der Waals surface area contributed by atoms with Gasteiger partial charge in [0.2, 0.25) is 10.8 Å². The van der Waals surface area contributed by atoms with E-state index in [4.69, 9.17) is 0 Å². The number of nitrogens with zero attached hydrogens (tertiary/aromatic N) is 3. The molecule has 4 bridgehead atoms. The van der Waals surface area contributed by atoms with Crippen molar-refractivity contribution in [2.45, 2.75) is 68.7 Å². The molecule has 0 radical (unpaired) electrons. The molecule has 15 heteroatoms. The molecule has 10 heterocycles. The third-order valence-electron chi connectivity index (χ3n) is 12.9. The van der Waals surface area contributed by atoms with Crippen molar-refractivity contribution in [1.82, 2.24) is 14.7 Å². The van der Waals surface area contributed by atoms with Crippen molar-refractivity contribution in [3.63, 3.8) is 0 Å². The Labute approximate surface area is 287 Å². The second kappa shape index (κ2) is 8.41. The number of ketones is 1. The molecule has 0 aromatic heterocycles. The molecule has 2 aromatic rings. The number of amides is 3. The predicted octanol–water partition coefficient (Wildman–Crippen LogP) is 2.76. The van der Waals surface area contributed by atoms with Gasteiger partial charge in [0, 0.05) is 38.6 Å². The molecule has 12 rings (SSSR count). The molecule has 1 unspecified atom stereocenters. The number of piperidine rings is 1. The van der Waals surface area contributed by atoms with E-state index in [1.807, 2.05) is 49.4 Å². The molecule has 2 aromatic carbocycles. The molecule has 10 aliphatic heterocycles. The van der Waals surface area contributed by atoms with Gasteiger partial charge < -0.3 is 25.7 Å². The van der Waals surface area contributed by atoms with Crippen LogP contribution in [-0.2, 0) is 30.0 Å². The maximum Gasteiger partial charge on any atom is 0.265 e. The van der Waals surface area contributed by atoms with Crippen LogP contribution < -0.4 is 10.6 Å². The van der Waals surface area contributed by atoms with Crippen molar-refractivity contribution in [2.24, 2.45) is 5.92 Å². The van der Waals surface area contributed by atoms with Gasteiger partial charge >= 0.3 is 0 Å². The third-order valence-corrected chi connectivity index (χ3v) is 20.3. The zero-order valence-electron chi connectivity index (χ0n) is 25.6. The number of anilines is 2. The van der Waals surface area contributed by atoms with Crippen LogP contribution in [0.5, 0.6) is 0 Å². The number of Topliss-reactive ketones (excluding diaryl/α,β-unsaturated/α-hetero) is 1. The lowest BCUT2D eigenvalue weighted by atomic mass is 9.51. The standard InChI is InChI=1S/C32H31N5O6S4.H2/c1-16-21(40)30-13-29(18-9-5-7-11-20(18)34-26(29,2)37(30)23(41)28(16,14-38)44-45-30)27-12-31-24(42)35(3)32(15-39,47-46-31)25(43)36(31)22(27)33-19-10-6-4-8-17(19)27;/h4-11,16,22,33-34,38-39H,12-15H2,1-3H3;1H/t16?,22-,26-,27+,28+,29+,30+,31+,32-;/m1./s1. The smallest absolute Gasteiger partial charge is 0.265 e. The molecule has 2 spiro atoms. The van der Waals surface area contributed by atoms with Crippen LogP contribution in [-0.4, -0.2) is 99.9 Å². The summed E-state index contributed by atoms with van der Waals surface area (Å²) in [6, 6.07) is 15.9. The molecule has 0 saturated carbocycles. The zero-order chi connectivity index (χ0) is 32.7. The summed E-state index contributed by atoms with van der Waals surface area (Å²) in [6.07, 6.45) is -0.274. The Kier molecular flexibility index (Phi) is 5.26. The molecule has 3 amide bonds. The quantitative estimate of drug-likeness (QED) is 0.348. The highest BCUT2D eigenvalue weighted by Crippen LogP contribution is 2.81. The summed E-state index contributed by atoms with van der Waals surface area (Å²) < 4.78 is -1.33. The number of hydrogen-bond acceptors (Lipinski definition) is 12. The lowest BCUT2D eigenvalue weighted by Gasteiger charge is -2.59. The van der Waals surface area contributed by atoms with Crippen LogP contribution in [0.1, 0.15) is 39.2 Å². The van der Waals surface area contributed by atoms with Crippen molar-refractivity contribution in [3.05, 3.63) is 59.7 Å². The zero-order valence-corrected chi connectivity index (χ0v) is 28.9. The van der Waals surface area contributed by atoms with E-state index < -0.39 is 61.2 Å². The van der Waals surface area contributed by atoms with Crippen LogP contribution in [0.15, 0.2) is 48.5 Å². The number of aliphatic hydroxyl groups excluding tert-OH is 2. The van der Waals surface area contributed by atoms with Gasteiger partial charge in [-0.15, -0.1) is 0 Å². The van der Waals surface area contributed by atoms with E-state index in [-0.39, 0.29) is 37.8 Å². The van der Waals surface area contributed by atoms with Crippen molar-refractivity contribution in [3.8, 4) is 0 Å². The number of nitrogens with one attached hydrogen (secondary N) is 2. The van der Waals surface area contributed by atoms with E-state index in [0.717, 1.165) is 22.5 Å². The van der Waals surface area contributed by atoms with Crippen molar-refractivity contribution >= 4 is 78.1 Å². The van der Waals surface area contributed by atoms with Crippen LogP contribution in [0, 0.1) is 5.92 Å². The highest BCUT2D eigenvalue weighted by Gasteiger charge is 2.90. The summed E-state index contributed by atoms with van der Waals surface area (Å²) in [7, 11) is 6.82. The first-order valence-electron chi connectivity index (χ1n) is 15.6. The Balaban J connectivity index is 0.00000314. The van der Waals surface area contributed by atoms with Crippen LogP contribution in [0.25, 0.3) is 0 Å². The van der Waals surface area contributed by atoms with Crippen molar-refractivity contribution in [1.29, 1.82) is 0 Å². The highest BCUT2D eigenvalue weighted by atomic mass is 33.1. The number of carbonyl (C=O) groups excluding carboxylic acids is 4. The number of carbonyl (C=O) groups is 4. The minimum Gasteiger partial charge on any atom is -0.394 e. The summed E-state index contributed by atoms with van der Waals surface area (Å²) in [5, 5.41) is 28.9. The predicted molar refractivity (Wildman–Crippen MR) is 183 cm³/mol. The number of aliphatic hydroxyl groups is 2. The molecule has 47 heavy (non-hydrogen) atoms. The molecule has 9 atom stereocenters. The fourth-order valence-corrected chi connectivity index (χ4v) is 18.3. The van der Waals surface area contributed by atoms with Crippen LogP contribution in [0.3, 0.4) is 0 Å². The van der Waals surface area contributed by atoms with E-state index in [9.17, 15) is 29.4 Å². The number of hydrogen-bond donors (Lipinski definition) is 4. The molecular weight excluding hydrogens is 679 g/mol. The molecule has 8 fully saturated rings. The Bertz CT molecular complexity index is 1930. The van der Waals surface area contributed by atoms with Gasteiger partial charge in [-0.3, -0.25) is 29.0 Å². The Morgan fingerprint density at radius 2 is 1.53 bits per heavy atom. The summed E-state index contributed by atoms with van der Waals surface area (Å²) in [5.41, 5.74) is 0.207. The van der Waals surface area contributed by atoms with E-state index in [2.05, 4.69) is 16.7 Å². The Morgan fingerprint density at radius 1 is 0.851 bits per heavy atom. The largest absolute Gasteiger partial charge is 0.394 e. The number of fused-ring (bicyclic) bond motifs is 11. The first-order valence-corrected chi connectivity index (χ1v) is 19.9. The van der Waals surface area contributed by atoms with Crippen molar-refractivity contribution in [2.75, 3.05) is 30.9 Å². The molecule has 11 nitrogen and oxygen atoms in total. The fourth-order valence-electron chi connectivity index (χ4n) is 10.8. The number of rotatable bonds is 3. The molecule has 8 saturated heterocycles. The van der Waals surface area contributed by atoms with Gasteiger partial charge in [0.15, 0.2) is 15.5 Å². The maximum absolute atomic E-state index is 14.9. The van der Waals surface area contributed by atoms with Gasteiger partial charge in [-0.05, 0) is 41.0 Å². The minimum atomic E-state index is -1.48. The number of benzene rings is 2. The first kappa shape index (κ1) is 29.4. The van der Waals surface area contributed by atoms with Gasteiger partial charge in [0.1, 0.15) is 16.6 Å². The number of likely N-dealkylation sites (N-methyl/N-ethyl adjacent to an activating group) is 1. The van der Waals surface area contributed by atoms with Crippen LogP contribution >= 0.6 is 43.2 Å². The normalized spacial score (nSPS) is 46.2. The maximum atomic E-state index is 14.9. The van der Waals surface area contributed by atoms with Gasteiger partial charge in [-0.25, -0.2) is 0 Å². The van der Waals surface area contributed by atoms with Gasteiger partial charge in [0.25, 0.3) is 11.8 Å². The number of piperazine rings is 1. The Hall–Kier alpha value is -2.56. The van der Waals surface area contributed by atoms with E-state index in [0.29, 0.717) is 0 Å². The monoisotopic (exact) mass is 711 g/mol. The lowest BCUT2D eigenvalue weighted by molar-refractivity contribution is -0.166. The van der Waals surface area contributed by atoms with E-state index >= 15 is 0 Å². The van der Waals surface area contributed by atoms with Crippen LogP contribution in [0.4, 0.5) is 11.4 Å².